The van der Waals surface area contributed by atoms with Crippen LogP contribution < -0.4 is 15.6 Å². The number of H-pyrrole nitrogens is 1. The van der Waals surface area contributed by atoms with Crippen molar-refractivity contribution < 1.29 is 27.1 Å². The number of aromatic amines is 1. The molecule has 0 saturated carbocycles. The zero-order valence-corrected chi connectivity index (χ0v) is 13.9. The Labute approximate surface area is 149 Å². The summed E-state index contributed by atoms with van der Waals surface area (Å²) in [7, 11) is 0. The number of nitrogens with one attached hydrogen (secondary N) is 2. The largest absolute Gasteiger partial charge is 0.468 e. The third-order valence-corrected chi connectivity index (χ3v) is 3.53. The lowest BCUT2D eigenvalue weighted by atomic mass is 10.1. The Kier molecular flexibility index (Phi) is 4.84. The second-order valence-electron chi connectivity index (χ2n) is 5.53. The van der Waals surface area contributed by atoms with Gasteiger partial charge in [0.2, 0.25) is 11.6 Å². The van der Waals surface area contributed by atoms with Crippen molar-refractivity contribution in [3.63, 3.8) is 0 Å². The molecule has 11 heteroatoms. The summed E-state index contributed by atoms with van der Waals surface area (Å²) in [6.07, 6.45) is -2.05. The molecule has 142 valence electrons. The Morgan fingerprint density at radius 2 is 2.15 bits per heavy atom. The molecule has 2 N–H and O–H groups in total. The van der Waals surface area contributed by atoms with E-state index in [1.807, 2.05) is 0 Å². The molecule has 0 bridgehead atoms. The molecule has 8 nitrogen and oxygen atoms in total. The number of aromatic nitrogens is 3. The number of fused-ring (bicyclic) bond motifs is 1. The molecule has 0 fully saturated rings. The Morgan fingerprint density at radius 3 is 2.89 bits per heavy atom. The van der Waals surface area contributed by atoms with E-state index in [1.165, 1.54) is 25.3 Å². The number of hydrogen-bond acceptors (Lipinski definition) is 6. The summed E-state index contributed by atoms with van der Waals surface area (Å²) in [5, 5.41) is 2.60. The fourth-order valence-electron chi connectivity index (χ4n) is 2.39. The number of carbonyl (C=O) groups excluding carboxylic acids is 1. The molecule has 1 amide bonds. The zero-order chi connectivity index (χ0) is 19.6. The Hall–Kier alpha value is -3.37. The maximum absolute atomic E-state index is 12.5. The van der Waals surface area contributed by atoms with Crippen molar-refractivity contribution in [2.75, 3.05) is 6.61 Å². The van der Waals surface area contributed by atoms with Crippen LogP contribution in [0.4, 0.5) is 13.2 Å². The first kappa shape index (κ1) is 18.4. The summed E-state index contributed by atoms with van der Waals surface area (Å²) < 4.78 is 46.5. The van der Waals surface area contributed by atoms with Crippen LogP contribution in [0.25, 0.3) is 11.1 Å². The highest BCUT2D eigenvalue weighted by molar-refractivity contribution is 6.06. The number of furan rings is 1. The monoisotopic (exact) mass is 382 g/mol. The van der Waals surface area contributed by atoms with Gasteiger partial charge in [0.15, 0.2) is 6.61 Å². The van der Waals surface area contributed by atoms with E-state index in [9.17, 15) is 22.8 Å². The van der Waals surface area contributed by atoms with Crippen LogP contribution in [0.15, 0.2) is 33.9 Å². The SMILES string of the molecule is Cc1oc2nc[nH]c(=O)c2c1C(=O)NCc1ccnc(OCC(F)(F)F)c1. The van der Waals surface area contributed by atoms with Crippen LogP contribution in [0.2, 0.25) is 0 Å². The van der Waals surface area contributed by atoms with Crippen LogP contribution in [0, 0.1) is 6.92 Å². The molecular formula is C16H13F3N4O4. The molecule has 0 spiro atoms. The van der Waals surface area contributed by atoms with Crippen molar-refractivity contribution >= 4 is 17.0 Å². The molecule has 0 aromatic carbocycles. The predicted molar refractivity (Wildman–Crippen MR) is 86.3 cm³/mol. The van der Waals surface area contributed by atoms with Gasteiger partial charge in [-0.05, 0) is 18.6 Å². The number of alkyl halides is 3. The van der Waals surface area contributed by atoms with Crippen molar-refractivity contribution in [2.45, 2.75) is 19.6 Å². The van der Waals surface area contributed by atoms with Gasteiger partial charge in [-0.2, -0.15) is 13.2 Å². The molecule has 0 saturated heterocycles. The summed E-state index contributed by atoms with van der Waals surface area (Å²) in [6.45, 7) is 0.0331. The molecule has 0 aliphatic rings. The van der Waals surface area contributed by atoms with E-state index in [2.05, 4.69) is 25.0 Å². The van der Waals surface area contributed by atoms with Crippen LogP contribution in [0.1, 0.15) is 21.7 Å². The standard InChI is InChI=1S/C16H13F3N4O4/c1-8-11(12-14(25)22-7-23-15(12)27-8)13(24)21-5-9-2-3-20-10(4-9)26-6-16(17,18)19/h2-4,7H,5-6H2,1H3,(H,21,24)(H,22,23,25). The lowest BCUT2D eigenvalue weighted by molar-refractivity contribution is -0.154. The minimum atomic E-state index is -4.48. The summed E-state index contributed by atoms with van der Waals surface area (Å²) in [5.41, 5.74) is 0.0249. The molecule has 0 aliphatic heterocycles. The minimum Gasteiger partial charge on any atom is -0.468 e. The fraction of sp³-hybridized carbons (Fsp3) is 0.250. The van der Waals surface area contributed by atoms with Gasteiger partial charge >= 0.3 is 6.18 Å². The quantitative estimate of drug-likeness (QED) is 0.699. The van der Waals surface area contributed by atoms with Gasteiger partial charge in [0.1, 0.15) is 11.1 Å². The molecule has 0 radical (unpaired) electrons. The number of nitrogens with zero attached hydrogens (tertiary/aromatic N) is 2. The van der Waals surface area contributed by atoms with Crippen LogP contribution in [0.5, 0.6) is 5.88 Å². The average molecular weight is 382 g/mol. The van der Waals surface area contributed by atoms with E-state index >= 15 is 0 Å². The molecule has 0 unspecified atom stereocenters. The van der Waals surface area contributed by atoms with Crippen molar-refractivity contribution in [3.8, 4) is 5.88 Å². The summed E-state index contributed by atoms with van der Waals surface area (Å²) in [5.74, 6) is -0.584. The summed E-state index contributed by atoms with van der Waals surface area (Å²) in [4.78, 5) is 34.3. The molecule has 3 heterocycles. The Bertz CT molecular complexity index is 1040. The van der Waals surface area contributed by atoms with E-state index in [0.717, 1.165) is 6.33 Å². The molecule has 3 rings (SSSR count). The van der Waals surface area contributed by atoms with Crippen LogP contribution >= 0.6 is 0 Å². The lowest BCUT2D eigenvalue weighted by Crippen LogP contribution is -2.24. The van der Waals surface area contributed by atoms with Crippen molar-refractivity contribution in [1.82, 2.24) is 20.3 Å². The normalized spacial score (nSPS) is 11.6. The molecule has 0 atom stereocenters. The number of rotatable bonds is 5. The van der Waals surface area contributed by atoms with E-state index in [0.29, 0.717) is 5.56 Å². The topological polar surface area (TPSA) is 110 Å². The Morgan fingerprint density at radius 1 is 1.37 bits per heavy atom. The van der Waals surface area contributed by atoms with Gasteiger partial charge in [0.25, 0.3) is 11.5 Å². The average Bonchev–Trinajstić information content (AvgIpc) is 2.95. The van der Waals surface area contributed by atoms with Gasteiger partial charge in [-0.1, -0.05) is 0 Å². The number of aryl methyl sites for hydroxylation is 1. The molecular weight excluding hydrogens is 369 g/mol. The van der Waals surface area contributed by atoms with Gasteiger partial charge in [0.05, 0.1) is 11.9 Å². The van der Waals surface area contributed by atoms with Crippen molar-refractivity contribution in [3.05, 3.63) is 51.9 Å². The molecule has 27 heavy (non-hydrogen) atoms. The highest BCUT2D eigenvalue weighted by Crippen LogP contribution is 2.21. The van der Waals surface area contributed by atoms with Gasteiger partial charge in [-0.25, -0.2) is 9.97 Å². The molecule has 3 aromatic heterocycles. The summed E-state index contributed by atoms with van der Waals surface area (Å²) in [6, 6.07) is 2.79. The first-order valence-electron chi connectivity index (χ1n) is 7.64. The number of halogens is 3. The van der Waals surface area contributed by atoms with Crippen LogP contribution in [-0.2, 0) is 6.54 Å². The maximum Gasteiger partial charge on any atom is 0.422 e. The first-order valence-corrected chi connectivity index (χ1v) is 7.64. The smallest absolute Gasteiger partial charge is 0.422 e. The van der Waals surface area contributed by atoms with Gasteiger partial charge < -0.3 is 19.5 Å². The summed E-state index contributed by atoms with van der Waals surface area (Å²) >= 11 is 0. The van der Waals surface area contributed by atoms with Crippen molar-refractivity contribution in [2.24, 2.45) is 0 Å². The number of amides is 1. The maximum atomic E-state index is 12.5. The molecule has 3 aromatic rings. The van der Waals surface area contributed by atoms with Crippen molar-refractivity contribution in [1.29, 1.82) is 0 Å². The number of pyridine rings is 1. The minimum absolute atomic E-state index is 0.0198. The highest BCUT2D eigenvalue weighted by Gasteiger charge is 2.28. The lowest BCUT2D eigenvalue weighted by Gasteiger charge is -2.09. The van der Waals surface area contributed by atoms with Crippen LogP contribution in [0.3, 0.4) is 0 Å². The third-order valence-electron chi connectivity index (χ3n) is 3.53. The van der Waals surface area contributed by atoms with Crippen LogP contribution in [-0.4, -0.2) is 33.6 Å². The predicted octanol–water partition coefficient (Wildman–Crippen LogP) is 2.09. The fourth-order valence-corrected chi connectivity index (χ4v) is 2.39. The van der Waals surface area contributed by atoms with E-state index < -0.39 is 24.2 Å². The third kappa shape index (κ3) is 4.25. The molecule has 0 aliphatic carbocycles. The van der Waals surface area contributed by atoms with Gasteiger partial charge in [-0.3, -0.25) is 9.59 Å². The van der Waals surface area contributed by atoms with Gasteiger partial charge in [-0.15, -0.1) is 0 Å². The van der Waals surface area contributed by atoms with Gasteiger partial charge in [0, 0.05) is 18.8 Å². The Balaban J connectivity index is 1.73. The number of ether oxygens (including phenoxy) is 1. The highest BCUT2D eigenvalue weighted by atomic mass is 19.4. The second kappa shape index (κ2) is 7.09. The number of carbonyl (C=O) groups is 1. The van der Waals surface area contributed by atoms with E-state index in [-0.39, 0.29) is 34.8 Å². The van der Waals surface area contributed by atoms with E-state index in [1.54, 1.807) is 0 Å². The first-order chi connectivity index (χ1) is 12.7. The zero-order valence-electron chi connectivity index (χ0n) is 13.9. The number of hydrogen-bond donors (Lipinski definition) is 2. The second-order valence-corrected chi connectivity index (χ2v) is 5.53. The van der Waals surface area contributed by atoms with E-state index in [4.69, 9.17) is 4.42 Å².